The quantitative estimate of drug-likeness (QED) is 0.797. The Labute approximate surface area is 142 Å². The van der Waals surface area contributed by atoms with Gasteiger partial charge in [-0.3, -0.25) is 4.79 Å². The van der Waals surface area contributed by atoms with Crippen LogP contribution in [-0.2, 0) is 14.9 Å². The molecular weight excluding hydrogens is 304 g/mol. The number of carbonyl (C=O) groups is 2. The third-order valence-electron chi connectivity index (χ3n) is 5.39. The number of likely N-dealkylation sites (tertiary alicyclic amines) is 1. The molecule has 1 spiro atoms. The van der Waals surface area contributed by atoms with Crippen LogP contribution in [0.25, 0.3) is 0 Å². The van der Waals surface area contributed by atoms with Crippen LogP contribution >= 0.6 is 0 Å². The van der Waals surface area contributed by atoms with E-state index in [1.807, 2.05) is 32.9 Å². The lowest BCUT2D eigenvalue weighted by Gasteiger charge is -2.54. The summed E-state index contributed by atoms with van der Waals surface area (Å²) in [6.07, 6.45) is 1.30. The first-order chi connectivity index (χ1) is 11.3. The summed E-state index contributed by atoms with van der Waals surface area (Å²) in [5.74, 6) is 0.466. The fourth-order valence-electron chi connectivity index (χ4n) is 4.53. The fraction of sp³-hybridized carbons (Fsp3) is 0.579. The number of ether oxygens (including phenoxy) is 1. The van der Waals surface area contributed by atoms with E-state index in [-0.39, 0.29) is 23.5 Å². The van der Waals surface area contributed by atoms with Gasteiger partial charge in [0, 0.05) is 24.9 Å². The van der Waals surface area contributed by atoms with Crippen molar-refractivity contribution in [3.05, 3.63) is 35.4 Å². The van der Waals surface area contributed by atoms with Gasteiger partial charge in [-0.2, -0.15) is 0 Å². The van der Waals surface area contributed by atoms with Crippen molar-refractivity contribution in [2.24, 2.45) is 5.92 Å². The van der Waals surface area contributed by atoms with E-state index in [9.17, 15) is 9.59 Å². The Morgan fingerprint density at radius 2 is 2.00 bits per heavy atom. The Balaban J connectivity index is 1.58. The maximum absolute atomic E-state index is 12.3. The number of carbonyl (C=O) groups excluding carboxylic acids is 2. The van der Waals surface area contributed by atoms with Crippen LogP contribution in [0.2, 0.25) is 0 Å². The summed E-state index contributed by atoms with van der Waals surface area (Å²) in [7, 11) is 0. The second-order valence-corrected chi connectivity index (χ2v) is 8.42. The van der Waals surface area contributed by atoms with E-state index < -0.39 is 5.60 Å². The van der Waals surface area contributed by atoms with E-state index in [0.717, 1.165) is 6.42 Å². The maximum atomic E-state index is 12.3. The minimum atomic E-state index is -0.475. The van der Waals surface area contributed by atoms with Gasteiger partial charge in [0.25, 0.3) is 0 Å². The topological polar surface area (TPSA) is 58.6 Å². The van der Waals surface area contributed by atoms with E-state index >= 15 is 0 Å². The predicted octanol–water partition coefficient (Wildman–Crippen LogP) is 2.76. The summed E-state index contributed by atoms with van der Waals surface area (Å²) in [6.45, 7) is 7.01. The van der Waals surface area contributed by atoms with Gasteiger partial charge in [-0.05, 0) is 44.2 Å². The lowest BCUT2D eigenvalue weighted by molar-refractivity contribution is -0.119. The van der Waals surface area contributed by atoms with Gasteiger partial charge in [0.15, 0.2) is 0 Å². The van der Waals surface area contributed by atoms with Crippen LogP contribution in [0.15, 0.2) is 24.3 Å². The Hall–Kier alpha value is -2.04. The molecule has 0 radical (unpaired) electrons. The molecule has 4 rings (SSSR count). The molecule has 24 heavy (non-hydrogen) atoms. The highest BCUT2D eigenvalue weighted by Crippen LogP contribution is 2.52. The molecule has 1 aromatic rings. The average molecular weight is 328 g/mol. The van der Waals surface area contributed by atoms with Crippen molar-refractivity contribution in [1.82, 2.24) is 10.2 Å². The largest absolute Gasteiger partial charge is 0.444 e. The zero-order valence-electron chi connectivity index (χ0n) is 14.5. The van der Waals surface area contributed by atoms with E-state index in [4.69, 9.17) is 4.74 Å². The summed E-state index contributed by atoms with van der Waals surface area (Å²) >= 11 is 0. The number of rotatable bonds is 0. The number of hydrogen-bond donors (Lipinski definition) is 1. The lowest BCUT2D eigenvalue weighted by atomic mass is 9.61. The van der Waals surface area contributed by atoms with E-state index in [1.54, 1.807) is 4.90 Å². The molecular formula is C19H24N2O3. The first-order valence-electron chi connectivity index (χ1n) is 8.64. The molecule has 0 aromatic heterocycles. The maximum Gasteiger partial charge on any atom is 0.410 e. The summed E-state index contributed by atoms with van der Waals surface area (Å²) in [6, 6.07) is 8.49. The van der Waals surface area contributed by atoms with Gasteiger partial charge >= 0.3 is 6.09 Å². The number of hydrogen-bond acceptors (Lipinski definition) is 3. The van der Waals surface area contributed by atoms with Crippen molar-refractivity contribution in [3.63, 3.8) is 0 Å². The second-order valence-electron chi connectivity index (χ2n) is 8.42. The van der Waals surface area contributed by atoms with Gasteiger partial charge < -0.3 is 15.0 Å². The van der Waals surface area contributed by atoms with Crippen molar-refractivity contribution in [2.45, 2.75) is 50.7 Å². The lowest BCUT2D eigenvalue weighted by Crippen LogP contribution is -2.64. The van der Waals surface area contributed by atoms with Crippen LogP contribution in [0, 0.1) is 5.92 Å². The normalized spacial score (nSPS) is 27.1. The molecule has 0 unspecified atom stereocenters. The molecule has 0 saturated carbocycles. The molecule has 2 aliphatic heterocycles. The van der Waals surface area contributed by atoms with E-state index in [1.165, 1.54) is 11.1 Å². The molecule has 5 nitrogen and oxygen atoms in total. The molecule has 128 valence electrons. The summed E-state index contributed by atoms with van der Waals surface area (Å²) in [4.78, 5) is 26.0. The highest BCUT2D eigenvalue weighted by Gasteiger charge is 2.55. The van der Waals surface area contributed by atoms with Gasteiger partial charge in [0.2, 0.25) is 5.91 Å². The van der Waals surface area contributed by atoms with Gasteiger partial charge in [-0.1, -0.05) is 24.3 Å². The van der Waals surface area contributed by atoms with Crippen molar-refractivity contribution >= 4 is 12.0 Å². The Morgan fingerprint density at radius 1 is 1.29 bits per heavy atom. The third-order valence-corrected chi connectivity index (χ3v) is 5.39. The summed E-state index contributed by atoms with van der Waals surface area (Å²) < 4.78 is 5.49. The Bertz CT molecular complexity index is 701. The molecule has 1 N–H and O–H groups in total. The number of benzene rings is 1. The molecule has 2 heterocycles. The standard InChI is InChI=1S/C19H24N2O3/c1-18(2,3)24-17(23)21-10-19(11-21)9-12-8-15(22)20-16(12)13-6-4-5-7-14(13)19/h4-7,12,16H,8-11H2,1-3H3,(H,20,22)/t12-,16-/m0/s1. The second kappa shape index (κ2) is 4.98. The fourth-order valence-corrected chi connectivity index (χ4v) is 4.53. The van der Waals surface area contributed by atoms with Crippen LogP contribution in [0.4, 0.5) is 4.79 Å². The van der Waals surface area contributed by atoms with E-state index in [0.29, 0.717) is 25.4 Å². The number of nitrogens with zero attached hydrogens (tertiary/aromatic N) is 1. The number of nitrogens with one attached hydrogen (secondary N) is 1. The molecule has 0 bridgehead atoms. The van der Waals surface area contributed by atoms with Gasteiger partial charge in [0.05, 0.1) is 6.04 Å². The molecule has 2 fully saturated rings. The summed E-state index contributed by atoms with van der Waals surface area (Å²) in [5.41, 5.74) is 2.01. The minimum absolute atomic E-state index is 0.0268. The van der Waals surface area contributed by atoms with Crippen molar-refractivity contribution in [3.8, 4) is 0 Å². The van der Waals surface area contributed by atoms with Crippen LogP contribution < -0.4 is 5.32 Å². The molecule has 3 aliphatic rings. The molecule has 5 heteroatoms. The average Bonchev–Trinajstić information content (AvgIpc) is 2.82. The van der Waals surface area contributed by atoms with Crippen molar-refractivity contribution < 1.29 is 14.3 Å². The van der Waals surface area contributed by atoms with Crippen molar-refractivity contribution in [2.75, 3.05) is 13.1 Å². The van der Waals surface area contributed by atoms with E-state index in [2.05, 4.69) is 17.4 Å². The molecule has 1 aliphatic carbocycles. The first-order valence-corrected chi connectivity index (χ1v) is 8.64. The Kier molecular flexibility index (Phi) is 3.21. The van der Waals surface area contributed by atoms with Crippen molar-refractivity contribution in [1.29, 1.82) is 0 Å². The molecule has 2 atom stereocenters. The highest BCUT2D eigenvalue weighted by molar-refractivity contribution is 5.80. The summed E-state index contributed by atoms with van der Waals surface area (Å²) in [5, 5.41) is 3.12. The minimum Gasteiger partial charge on any atom is -0.444 e. The van der Waals surface area contributed by atoms with Crippen LogP contribution in [0.1, 0.15) is 50.8 Å². The van der Waals surface area contributed by atoms with Crippen LogP contribution in [0.5, 0.6) is 0 Å². The molecule has 2 amide bonds. The Morgan fingerprint density at radius 3 is 2.71 bits per heavy atom. The smallest absolute Gasteiger partial charge is 0.410 e. The first kappa shape index (κ1) is 15.5. The number of fused-ring (bicyclic) bond motifs is 4. The third kappa shape index (κ3) is 2.38. The van der Waals surface area contributed by atoms with Gasteiger partial charge in [0.1, 0.15) is 5.60 Å². The highest BCUT2D eigenvalue weighted by atomic mass is 16.6. The SMILES string of the molecule is CC(C)(C)OC(=O)N1CC2(C[C@@H]3CC(=O)N[C@@H]3c3ccccc32)C1. The predicted molar refractivity (Wildman–Crippen MR) is 89.5 cm³/mol. The monoisotopic (exact) mass is 328 g/mol. The van der Waals surface area contributed by atoms with Gasteiger partial charge in [-0.15, -0.1) is 0 Å². The molecule has 1 aromatic carbocycles. The zero-order valence-corrected chi connectivity index (χ0v) is 14.5. The zero-order chi connectivity index (χ0) is 17.1. The van der Waals surface area contributed by atoms with Crippen LogP contribution in [0.3, 0.4) is 0 Å². The van der Waals surface area contributed by atoms with Gasteiger partial charge in [-0.25, -0.2) is 4.79 Å². The van der Waals surface area contributed by atoms with Crippen LogP contribution in [-0.4, -0.2) is 35.6 Å². The number of amides is 2. The molecule has 2 saturated heterocycles.